The Bertz CT molecular complexity index is 1450. The molecule has 264 valence electrons. The van der Waals surface area contributed by atoms with Crippen molar-refractivity contribution in [1.29, 1.82) is 0 Å². The van der Waals surface area contributed by atoms with Gasteiger partial charge >= 0.3 is 35.8 Å². The zero-order valence-electron chi connectivity index (χ0n) is 28.6. The van der Waals surface area contributed by atoms with Crippen molar-refractivity contribution in [2.75, 3.05) is 6.61 Å². The van der Waals surface area contributed by atoms with Crippen LogP contribution in [-0.2, 0) is 57.1 Å². The van der Waals surface area contributed by atoms with Gasteiger partial charge in [-0.2, -0.15) is 0 Å². The van der Waals surface area contributed by atoms with E-state index in [1.165, 1.54) is 19.1 Å². The lowest BCUT2D eigenvalue weighted by Gasteiger charge is -2.66. The maximum absolute atomic E-state index is 14.0. The highest BCUT2D eigenvalue weighted by molar-refractivity contribution is 5.89. The molecule has 1 aliphatic heterocycles. The molecule has 14 heteroatoms. The van der Waals surface area contributed by atoms with Crippen molar-refractivity contribution >= 4 is 35.8 Å². The molecule has 0 aromatic heterocycles. The van der Waals surface area contributed by atoms with E-state index < -0.39 is 113 Å². The number of carbonyl (C=O) groups is 6. The van der Waals surface area contributed by atoms with Crippen molar-refractivity contribution in [2.24, 2.45) is 17.3 Å². The minimum Gasteiger partial charge on any atom is -0.464 e. The summed E-state index contributed by atoms with van der Waals surface area (Å²) < 4.78 is 42.5. The summed E-state index contributed by atoms with van der Waals surface area (Å²) in [6, 6.07) is 7.83. The third-order valence-corrected chi connectivity index (χ3v) is 9.42. The summed E-state index contributed by atoms with van der Waals surface area (Å²) >= 11 is 0. The van der Waals surface area contributed by atoms with E-state index in [1.807, 2.05) is 0 Å². The maximum Gasteiger partial charge on any atom is 0.338 e. The van der Waals surface area contributed by atoms with E-state index in [2.05, 4.69) is 0 Å². The van der Waals surface area contributed by atoms with Crippen LogP contribution >= 0.6 is 0 Å². The van der Waals surface area contributed by atoms with E-state index in [1.54, 1.807) is 45.9 Å². The number of hydrogen-bond donors (Lipinski definition) is 1. The van der Waals surface area contributed by atoms with Crippen molar-refractivity contribution in [3.8, 4) is 0 Å². The van der Waals surface area contributed by atoms with Gasteiger partial charge in [-0.05, 0) is 32.9 Å². The molecule has 2 aliphatic carbocycles. The van der Waals surface area contributed by atoms with Crippen LogP contribution in [-0.4, -0.2) is 94.9 Å². The summed E-state index contributed by atoms with van der Waals surface area (Å²) in [6.45, 7) is 11.4. The first-order chi connectivity index (χ1) is 22.2. The lowest BCUT2D eigenvalue weighted by Crippen LogP contribution is -2.85. The molecule has 9 atom stereocenters. The number of esters is 6. The van der Waals surface area contributed by atoms with Gasteiger partial charge in [-0.1, -0.05) is 32.0 Å². The lowest BCUT2D eigenvalue weighted by molar-refractivity contribution is -0.363. The third kappa shape index (κ3) is 6.15. The van der Waals surface area contributed by atoms with Crippen LogP contribution in [0.1, 0.15) is 79.1 Å². The van der Waals surface area contributed by atoms with Gasteiger partial charge in [0, 0.05) is 34.1 Å². The molecule has 3 aliphatic rings. The molecule has 4 rings (SSSR count). The Labute approximate surface area is 278 Å². The van der Waals surface area contributed by atoms with Gasteiger partial charge < -0.3 is 38.3 Å². The van der Waals surface area contributed by atoms with Gasteiger partial charge in [0.05, 0.1) is 28.6 Å². The fourth-order valence-corrected chi connectivity index (χ4v) is 7.95. The van der Waals surface area contributed by atoms with Gasteiger partial charge in [-0.25, -0.2) is 4.79 Å². The van der Waals surface area contributed by atoms with Gasteiger partial charge in [-0.15, -0.1) is 0 Å². The molecule has 2 bridgehead atoms. The number of ether oxygens (including phenoxy) is 7. The minimum absolute atomic E-state index is 0.0835. The van der Waals surface area contributed by atoms with Crippen LogP contribution in [0.15, 0.2) is 30.3 Å². The summed E-state index contributed by atoms with van der Waals surface area (Å²) in [6.07, 6.45) is -8.32. The number of aliphatic hydroxyl groups is 1. The van der Waals surface area contributed by atoms with Gasteiger partial charge in [0.15, 0.2) is 17.8 Å². The zero-order valence-corrected chi connectivity index (χ0v) is 28.6. The topological polar surface area (TPSA) is 187 Å². The Hall–Kier alpha value is -4.04. The van der Waals surface area contributed by atoms with Gasteiger partial charge in [-0.3, -0.25) is 24.0 Å². The Morgan fingerprint density at radius 2 is 1.33 bits per heavy atom. The summed E-state index contributed by atoms with van der Waals surface area (Å²) in [5.41, 5.74) is -7.97. The average molecular weight is 677 g/mol. The summed E-state index contributed by atoms with van der Waals surface area (Å²) in [5.74, 6) is -6.78. The number of rotatable bonds is 9. The average Bonchev–Trinajstić information content (AvgIpc) is 3.16. The molecule has 1 aromatic carbocycles. The Balaban J connectivity index is 2.18. The van der Waals surface area contributed by atoms with Crippen molar-refractivity contribution in [1.82, 2.24) is 0 Å². The van der Waals surface area contributed by atoms with E-state index in [0.29, 0.717) is 0 Å². The largest absolute Gasteiger partial charge is 0.464 e. The van der Waals surface area contributed by atoms with Crippen LogP contribution in [0.25, 0.3) is 0 Å². The van der Waals surface area contributed by atoms with Gasteiger partial charge in [0.25, 0.3) is 0 Å². The molecule has 9 unspecified atom stereocenters. The molecule has 1 spiro atoms. The molecule has 1 saturated heterocycles. The predicted octanol–water partition coefficient (Wildman–Crippen LogP) is 2.46. The van der Waals surface area contributed by atoms with Crippen molar-refractivity contribution in [3.63, 3.8) is 0 Å². The molecule has 14 nitrogen and oxygen atoms in total. The van der Waals surface area contributed by atoms with Crippen molar-refractivity contribution in [2.45, 2.75) is 116 Å². The van der Waals surface area contributed by atoms with Crippen LogP contribution in [0.4, 0.5) is 0 Å². The molecule has 1 aromatic rings. The molecular weight excluding hydrogens is 632 g/mol. The van der Waals surface area contributed by atoms with E-state index in [9.17, 15) is 33.9 Å². The number of benzene rings is 1. The van der Waals surface area contributed by atoms with Gasteiger partial charge in [0.1, 0.15) is 30.3 Å². The highest BCUT2D eigenvalue weighted by atomic mass is 16.7. The van der Waals surface area contributed by atoms with Crippen LogP contribution in [0.2, 0.25) is 0 Å². The van der Waals surface area contributed by atoms with Crippen molar-refractivity contribution < 1.29 is 67.0 Å². The molecular formula is C34H44O14. The number of fused-ring (bicyclic) bond motifs is 1. The smallest absolute Gasteiger partial charge is 0.338 e. The van der Waals surface area contributed by atoms with Crippen LogP contribution in [0.3, 0.4) is 0 Å². The molecule has 1 heterocycles. The Morgan fingerprint density at radius 1 is 0.792 bits per heavy atom. The second kappa shape index (κ2) is 13.1. The van der Waals surface area contributed by atoms with E-state index in [0.717, 1.165) is 27.7 Å². The normalized spacial score (nSPS) is 34.6. The number of carbonyl (C=O) groups excluding carboxylic acids is 6. The van der Waals surface area contributed by atoms with E-state index >= 15 is 0 Å². The van der Waals surface area contributed by atoms with Gasteiger partial charge in [0.2, 0.25) is 0 Å². The molecule has 1 N–H and O–H groups in total. The van der Waals surface area contributed by atoms with E-state index in [-0.39, 0.29) is 5.56 Å². The van der Waals surface area contributed by atoms with Crippen LogP contribution < -0.4 is 0 Å². The quantitative estimate of drug-likeness (QED) is 0.297. The minimum atomic E-state index is -2.26. The van der Waals surface area contributed by atoms with Crippen LogP contribution in [0.5, 0.6) is 0 Å². The highest BCUT2D eigenvalue weighted by Crippen LogP contribution is 2.69. The molecule has 3 fully saturated rings. The lowest BCUT2D eigenvalue weighted by atomic mass is 9.45. The third-order valence-electron chi connectivity index (χ3n) is 9.42. The SMILES string of the molecule is CC(=O)OC1CC(C)(O)C23OC(C)(C)C(C(OC(C)=O)C(OC(=O)c4ccccc4)C2(COC(=O)C(C)C)C1OC(C)=O)C3OC(C)=O. The predicted molar refractivity (Wildman–Crippen MR) is 163 cm³/mol. The van der Waals surface area contributed by atoms with E-state index in [4.69, 9.17) is 33.2 Å². The van der Waals surface area contributed by atoms with Crippen LogP contribution in [0, 0.1) is 17.3 Å². The molecule has 0 amide bonds. The summed E-state index contributed by atoms with van der Waals surface area (Å²) in [7, 11) is 0. The standard InChI is InChI=1S/C34H44O14/c1-17(2)29(39)42-16-33-26(45-20(5)37)23(43-18(3)35)15-32(9,41)34(33)27(46-21(6)38)24(31(7,8)48-34)25(44-19(4)36)28(33)47-30(40)22-13-11-10-12-14-22/h10-14,17,23-28,41H,15-16H2,1-9H3. The molecule has 0 radical (unpaired) electrons. The summed E-state index contributed by atoms with van der Waals surface area (Å²) in [5, 5.41) is 12.6. The Kier molecular flexibility index (Phi) is 10.0. The molecule has 2 saturated carbocycles. The first-order valence-electron chi connectivity index (χ1n) is 15.8. The zero-order chi connectivity index (χ0) is 36.0. The molecule has 48 heavy (non-hydrogen) atoms. The first kappa shape index (κ1) is 36.8. The second-order valence-electron chi connectivity index (χ2n) is 13.7. The second-order valence-corrected chi connectivity index (χ2v) is 13.7. The summed E-state index contributed by atoms with van der Waals surface area (Å²) in [4.78, 5) is 78.3. The monoisotopic (exact) mass is 676 g/mol. The first-order valence-corrected chi connectivity index (χ1v) is 15.8. The maximum atomic E-state index is 14.0. The fourth-order valence-electron chi connectivity index (χ4n) is 7.95. The Morgan fingerprint density at radius 3 is 1.85 bits per heavy atom. The van der Waals surface area contributed by atoms with Crippen molar-refractivity contribution in [3.05, 3.63) is 35.9 Å². The highest BCUT2D eigenvalue weighted by Gasteiger charge is 2.89. The fraction of sp³-hybridized carbons (Fsp3) is 0.647. The number of hydrogen-bond acceptors (Lipinski definition) is 14.